The first-order chi connectivity index (χ1) is 15.6. The molecule has 0 radical (unpaired) electrons. The molecule has 7 nitrogen and oxygen atoms in total. The normalized spacial score (nSPS) is 16.1. The Morgan fingerprint density at radius 3 is 2.84 bits per heavy atom. The van der Waals surface area contributed by atoms with Crippen LogP contribution in [0.4, 0.5) is 0 Å². The molecule has 32 heavy (non-hydrogen) atoms. The van der Waals surface area contributed by atoms with E-state index in [-0.39, 0.29) is 24.1 Å². The van der Waals surface area contributed by atoms with Crippen LogP contribution in [0.1, 0.15) is 24.0 Å². The van der Waals surface area contributed by atoms with Gasteiger partial charge in [0.2, 0.25) is 5.91 Å². The molecule has 1 N–H and O–H groups in total. The fraction of sp³-hybridized carbons (Fsp3) is 0.320. The molecule has 1 atom stereocenters. The second-order valence-electron chi connectivity index (χ2n) is 8.41. The molecule has 2 aromatic heterocycles. The molecule has 3 heterocycles. The smallest absolute Gasteiger partial charge is 0.278 e. The standard InChI is InChI=1S/C25H26N4O3/c1-17-9-10-21-20(12-17)23-24(29(21)15-22(30)26-13-19-8-5-11-32-19)25(31)28(16-27-23)14-18-6-3-2-4-7-18/h2-4,6-7,9-10,12,16,19H,5,8,11,13-15H2,1H3,(H,26,30). The molecule has 1 fully saturated rings. The van der Waals surface area contributed by atoms with Crippen molar-refractivity contribution in [1.29, 1.82) is 0 Å². The number of ether oxygens (including phenoxy) is 1. The summed E-state index contributed by atoms with van der Waals surface area (Å²) in [6, 6.07) is 15.8. The number of carbonyl (C=O) groups excluding carboxylic acids is 1. The van der Waals surface area contributed by atoms with Crippen molar-refractivity contribution < 1.29 is 9.53 Å². The Morgan fingerprint density at radius 2 is 2.06 bits per heavy atom. The number of hydrogen-bond donors (Lipinski definition) is 1. The molecular weight excluding hydrogens is 404 g/mol. The summed E-state index contributed by atoms with van der Waals surface area (Å²) < 4.78 is 9.00. The molecular formula is C25H26N4O3. The second kappa shape index (κ2) is 8.59. The van der Waals surface area contributed by atoms with Gasteiger partial charge in [0.25, 0.3) is 5.56 Å². The fourth-order valence-electron chi connectivity index (χ4n) is 4.40. The number of nitrogens with zero attached hydrogens (tertiary/aromatic N) is 3. The van der Waals surface area contributed by atoms with Crippen LogP contribution in [0.15, 0.2) is 59.7 Å². The van der Waals surface area contributed by atoms with E-state index in [1.165, 1.54) is 0 Å². The zero-order valence-corrected chi connectivity index (χ0v) is 18.1. The molecule has 5 rings (SSSR count). The summed E-state index contributed by atoms with van der Waals surface area (Å²) in [6.07, 6.45) is 3.66. The van der Waals surface area contributed by atoms with E-state index >= 15 is 0 Å². The van der Waals surface area contributed by atoms with Gasteiger partial charge in [-0.15, -0.1) is 0 Å². The Morgan fingerprint density at radius 1 is 1.22 bits per heavy atom. The van der Waals surface area contributed by atoms with Crippen molar-refractivity contribution in [2.75, 3.05) is 13.2 Å². The molecule has 2 aromatic carbocycles. The summed E-state index contributed by atoms with van der Waals surface area (Å²) in [4.78, 5) is 30.9. The highest BCUT2D eigenvalue weighted by Crippen LogP contribution is 2.26. The van der Waals surface area contributed by atoms with E-state index in [2.05, 4.69) is 10.3 Å². The van der Waals surface area contributed by atoms with Gasteiger partial charge in [0.05, 0.1) is 24.5 Å². The number of benzene rings is 2. The first kappa shape index (κ1) is 20.5. The predicted molar refractivity (Wildman–Crippen MR) is 124 cm³/mol. The molecule has 1 saturated heterocycles. The lowest BCUT2D eigenvalue weighted by Gasteiger charge is -2.12. The molecule has 4 aromatic rings. The maximum atomic E-state index is 13.5. The van der Waals surface area contributed by atoms with Gasteiger partial charge in [-0.05, 0) is 37.5 Å². The van der Waals surface area contributed by atoms with Gasteiger partial charge < -0.3 is 14.6 Å². The summed E-state index contributed by atoms with van der Waals surface area (Å²) in [5, 5.41) is 3.85. The van der Waals surface area contributed by atoms with Crippen molar-refractivity contribution in [3.8, 4) is 0 Å². The third kappa shape index (κ3) is 3.91. The van der Waals surface area contributed by atoms with E-state index in [0.717, 1.165) is 41.5 Å². The van der Waals surface area contributed by atoms with Crippen molar-refractivity contribution in [2.24, 2.45) is 0 Å². The quantitative estimate of drug-likeness (QED) is 0.510. The Balaban J connectivity index is 1.54. The van der Waals surface area contributed by atoms with Gasteiger partial charge in [-0.2, -0.15) is 0 Å². The van der Waals surface area contributed by atoms with Gasteiger partial charge in [0, 0.05) is 18.5 Å². The highest BCUT2D eigenvalue weighted by atomic mass is 16.5. The van der Waals surface area contributed by atoms with Crippen LogP contribution in [0, 0.1) is 6.92 Å². The summed E-state index contributed by atoms with van der Waals surface area (Å²) in [5.41, 5.74) is 3.86. The van der Waals surface area contributed by atoms with E-state index in [9.17, 15) is 9.59 Å². The van der Waals surface area contributed by atoms with Gasteiger partial charge in [0.1, 0.15) is 17.6 Å². The summed E-state index contributed by atoms with van der Waals surface area (Å²) in [6.45, 7) is 3.73. The third-order valence-electron chi connectivity index (χ3n) is 6.03. The molecule has 0 aliphatic carbocycles. The van der Waals surface area contributed by atoms with Gasteiger partial charge in [-0.1, -0.05) is 42.0 Å². The summed E-state index contributed by atoms with van der Waals surface area (Å²) >= 11 is 0. The second-order valence-corrected chi connectivity index (χ2v) is 8.41. The number of aryl methyl sites for hydroxylation is 1. The topological polar surface area (TPSA) is 78.2 Å². The lowest BCUT2D eigenvalue weighted by Crippen LogP contribution is -2.34. The van der Waals surface area contributed by atoms with Crippen LogP contribution in [0.25, 0.3) is 21.9 Å². The minimum Gasteiger partial charge on any atom is -0.376 e. The Hall–Kier alpha value is -3.45. The molecule has 0 saturated carbocycles. The lowest BCUT2D eigenvalue weighted by atomic mass is 10.1. The van der Waals surface area contributed by atoms with E-state index in [0.29, 0.717) is 24.1 Å². The Bertz CT molecular complexity index is 1330. The van der Waals surface area contributed by atoms with Crippen molar-refractivity contribution in [1.82, 2.24) is 19.4 Å². The van der Waals surface area contributed by atoms with Crippen LogP contribution in [-0.2, 0) is 22.6 Å². The zero-order chi connectivity index (χ0) is 22.1. The average Bonchev–Trinajstić information content (AvgIpc) is 3.42. The average molecular weight is 431 g/mol. The summed E-state index contributed by atoms with van der Waals surface area (Å²) in [7, 11) is 0. The van der Waals surface area contributed by atoms with Crippen molar-refractivity contribution >= 4 is 27.8 Å². The van der Waals surface area contributed by atoms with Crippen LogP contribution < -0.4 is 10.9 Å². The molecule has 1 aliphatic rings. The Labute approximate surface area is 185 Å². The van der Waals surface area contributed by atoms with E-state index < -0.39 is 0 Å². The lowest BCUT2D eigenvalue weighted by molar-refractivity contribution is -0.122. The predicted octanol–water partition coefficient (Wildman–Crippen LogP) is 3.00. The van der Waals surface area contributed by atoms with Crippen LogP contribution in [0.2, 0.25) is 0 Å². The number of nitrogens with one attached hydrogen (secondary N) is 1. The number of hydrogen-bond acceptors (Lipinski definition) is 4. The molecule has 1 aliphatic heterocycles. The first-order valence-electron chi connectivity index (χ1n) is 11.0. The number of rotatable bonds is 6. The Kier molecular flexibility index (Phi) is 5.49. The molecule has 164 valence electrons. The van der Waals surface area contributed by atoms with Gasteiger partial charge >= 0.3 is 0 Å². The van der Waals surface area contributed by atoms with Crippen LogP contribution in [0.3, 0.4) is 0 Å². The SMILES string of the molecule is Cc1ccc2c(c1)c1ncn(Cc3ccccc3)c(=O)c1n2CC(=O)NCC1CCCO1. The monoisotopic (exact) mass is 430 g/mol. The van der Waals surface area contributed by atoms with Crippen molar-refractivity contribution in [2.45, 2.75) is 39.0 Å². The van der Waals surface area contributed by atoms with Crippen LogP contribution >= 0.6 is 0 Å². The van der Waals surface area contributed by atoms with Gasteiger partial charge in [-0.25, -0.2) is 4.98 Å². The third-order valence-corrected chi connectivity index (χ3v) is 6.03. The maximum absolute atomic E-state index is 13.5. The molecule has 1 amide bonds. The van der Waals surface area contributed by atoms with Crippen molar-refractivity contribution in [3.63, 3.8) is 0 Å². The highest BCUT2D eigenvalue weighted by molar-refractivity contribution is 6.06. The zero-order valence-electron chi connectivity index (χ0n) is 18.1. The highest BCUT2D eigenvalue weighted by Gasteiger charge is 2.20. The number of amides is 1. The first-order valence-corrected chi connectivity index (χ1v) is 11.0. The molecule has 7 heteroatoms. The van der Waals surface area contributed by atoms with Crippen LogP contribution in [0.5, 0.6) is 0 Å². The number of aromatic nitrogens is 3. The van der Waals surface area contributed by atoms with E-state index in [1.807, 2.05) is 55.5 Å². The van der Waals surface area contributed by atoms with Crippen molar-refractivity contribution in [3.05, 3.63) is 76.3 Å². The van der Waals surface area contributed by atoms with Crippen LogP contribution in [-0.4, -0.2) is 39.3 Å². The largest absolute Gasteiger partial charge is 0.376 e. The fourth-order valence-corrected chi connectivity index (χ4v) is 4.40. The molecule has 0 bridgehead atoms. The minimum absolute atomic E-state index is 0.0576. The van der Waals surface area contributed by atoms with Gasteiger partial charge in [0.15, 0.2) is 0 Å². The minimum atomic E-state index is -0.153. The van der Waals surface area contributed by atoms with E-state index in [1.54, 1.807) is 15.5 Å². The molecule has 0 spiro atoms. The van der Waals surface area contributed by atoms with E-state index in [4.69, 9.17) is 4.74 Å². The number of fused-ring (bicyclic) bond motifs is 3. The molecule has 1 unspecified atom stereocenters. The maximum Gasteiger partial charge on any atom is 0.278 e. The number of carbonyl (C=O) groups is 1. The van der Waals surface area contributed by atoms with Gasteiger partial charge in [-0.3, -0.25) is 14.2 Å². The summed E-state index contributed by atoms with van der Waals surface area (Å²) in [5.74, 6) is -0.141.